The van der Waals surface area contributed by atoms with Gasteiger partial charge in [-0.3, -0.25) is 4.79 Å². The highest BCUT2D eigenvalue weighted by atomic mass is 19.4. The molecule has 1 fully saturated rings. The number of carbonyl (C=O) groups is 2. The molecule has 1 aliphatic rings. The van der Waals surface area contributed by atoms with Gasteiger partial charge in [-0.1, -0.05) is 12.1 Å². The lowest BCUT2D eigenvalue weighted by Gasteiger charge is -2.35. The molecule has 2 rings (SSSR count). The van der Waals surface area contributed by atoms with Crippen molar-refractivity contribution in [3.05, 3.63) is 24.3 Å². The summed E-state index contributed by atoms with van der Waals surface area (Å²) in [6.45, 7) is -1.85. The van der Waals surface area contributed by atoms with E-state index < -0.39 is 36.9 Å². The van der Waals surface area contributed by atoms with Crippen LogP contribution in [-0.2, 0) is 9.59 Å². The SMILES string of the molecule is O=C(COc1ccccc1OCC(F)(F)F)N1CCC(O)(C(=O)O)CC1. The Kier molecular flexibility index (Phi) is 5.96. The maximum Gasteiger partial charge on any atom is 0.422 e. The molecule has 1 saturated heterocycles. The fourth-order valence-corrected chi connectivity index (χ4v) is 2.42. The van der Waals surface area contributed by atoms with Gasteiger partial charge in [-0.15, -0.1) is 0 Å². The number of likely N-dealkylation sites (tertiary alicyclic amines) is 1. The van der Waals surface area contributed by atoms with Gasteiger partial charge in [0.25, 0.3) is 5.91 Å². The van der Waals surface area contributed by atoms with Gasteiger partial charge in [0.15, 0.2) is 30.3 Å². The first-order chi connectivity index (χ1) is 12.1. The first-order valence-corrected chi connectivity index (χ1v) is 7.76. The summed E-state index contributed by atoms with van der Waals surface area (Å²) in [4.78, 5) is 24.4. The third-order valence-corrected chi connectivity index (χ3v) is 3.93. The van der Waals surface area contributed by atoms with Crippen molar-refractivity contribution >= 4 is 11.9 Å². The quantitative estimate of drug-likeness (QED) is 0.779. The van der Waals surface area contributed by atoms with Gasteiger partial charge in [-0.05, 0) is 12.1 Å². The monoisotopic (exact) mass is 377 g/mol. The Morgan fingerprint density at radius 3 is 2.15 bits per heavy atom. The summed E-state index contributed by atoms with van der Waals surface area (Å²) in [5.41, 5.74) is -1.85. The normalized spacial score (nSPS) is 16.8. The lowest BCUT2D eigenvalue weighted by Crippen LogP contribution is -2.51. The molecule has 1 heterocycles. The fraction of sp³-hybridized carbons (Fsp3) is 0.500. The van der Waals surface area contributed by atoms with E-state index in [9.17, 15) is 27.9 Å². The van der Waals surface area contributed by atoms with Crippen LogP contribution in [0.15, 0.2) is 24.3 Å². The summed E-state index contributed by atoms with van der Waals surface area (Å²) in [6.07, 6.45) is -4.73. The molecule has 0 radical (unpaired) electrons. The lowest BCUT2D eigenvalue weighted by molar-refractivity contribution is -0.165. The van der Waals surface area contributed by atoms with Crippen LogP contribution in [0.5, 0.6) is 11.5 Å². The number of carboxylic acids is 1. The molecule has 26 heavy (non-hydrogen) atoms. The van der Waals surface area contributed by atoms with Gasteiger partial charge < -0.3 is 24.6 Å². The highest BCUT2D eigenvalue weighted by Crippen LogP contribution is 2.29. The molecular formula is C16H18F3NO6. The molecule has 1 aromatic rings. The summed E-state index contributed by atoms with van der Waals surface area (Å²) in [5.74, 6) is -1.96. The van der Waals surface area contributed by atoms with Crippen LogP contribution in [-0.4, -0.2) is 65.1 Å². The van der Waals surface area contributed by atoms with Crippen molar-refractivity contribution in [3.8, 4) is 11.5 Å². The number of halogens is 3. The second-order valence-electron chi connectivity index (χ2n) is 5.86. The lowest BCUT2D eigenvalue weighted by atomic mass is 9.92. The number of carboxylic acid groups (broad SMARTS) is 1. The molecule has 0 atom stereocenters. The average molecular weight is 377 g/mol. The number of amides is 1. The molecule has 0 spiro atoms. The fourth-order valence-electron chi connectivity index (χ4n) is 2.42. The van der Waals surface area contributed by atoms with Crippen molar-refractivity contribution in [3.63, 3.8) is 0 Å². The Morgan fingerprint density at radius 1 is 1.12 bits per heavy atom. The van der Waals surface area contributed by atoms with Crippen LogP contribution in [0, 0.1) is 0 Å². The number of hydrogen-bond donors (Lipinski definition) is 2. The molecule has 0 aromatic heterocycles. The van der Waals surface area contributed by atoms with Crippen LogP contribution in [0.25, 0.3) is 0 Å². The number of para-hydroxylation sites is 2. The Bertz CT molecular complexity index is 656. The minimum atomic E-state index is -4.50. The van der Waals surface area contributed by atoms with Crippen molar-refractivity contribution in [1.29, 1.82) is 0 Å². The predicted molar refractivity (Wildman–Crippen MR) is 81.9 cm³/mol. The van der Waals surface area contributed by atoms with Gasteiger partial charge in [0.2, 0.25) is 0 Å². The molecule has 0 saturated carbocycles. The van der Waals surface area contributed by atoms with Gasteiger partial charge >= 0.3 is 12.1 Å². The van der Waals surface area contributed by atoms with Crippen LogP contribution < -0.4 is 9.47 Å². The number of benzene rings is 1. The number of hydrogen-bond acceptors (Lipinski definition) is 5. The highest BCUT2D eigenvalue weighted by Gasteiger charge is 2.40. The zero-order valence-electron chi connectivity index (χ0n) is 13.7. The van der Waals surface area contributed by atoms with Crippen LogP contribution in [0.1, 0.15) is 12.8 Å². The Balaban J connectivity index is 1.89. The smallest absolute Gasteiger partial charge is 0.422 e. The van der Waals surface area contributed by atoms with Gasteiger partial charge in [0.05, 0.1) is 0 Å². The maximum absolute atomic E-state index is 12.3. The van der Waals surface area contributed by atoms with E-state index in [4.69, 9.17) is 9.84 Å². The average Bonchev–Trinajstić information content (AvgIpc) is 2.58. The highest BCUT2D eigenvalue weighted by molar-refractivity contribution is 5.80. The van der Waals surface area contributed by atoms with E-state index in [0.717, 1.165) is 0 Å². The third kappa shape index (κ3) is 5.25. The van der Waals surface area contributed by atoms with Crippen LogP contribution >= 0.6 is 0 Å². The van der Waals surface area contributed by atoms with Crippen molar-refractivity contribution in [1.82, 2.24) is 4.90 Å². The van der Waals surface area contributed by atoms with E-state index in [0.29, 0.717) is 0 Å². The second kappa shape index (κ2) is 7.81. The van der Waals surface area contributed by atoms with Gasteiger partial charge in [-0.2, -0.15) is 13.2 Å². The first-order valence-electron chi connectivity index (χ1n) is 7.76. The summed E-state index contributed by atoms with van der Waals surface area (Å²) in [6, 6.07) is 5.66. The second-order valence-corrected chi connectivity index (χ2v) is 5.86. The van der Waals surface area contributed by atoms with E-state index in [1.54, 1.807) is 0 Å². The van der Waals surface area contributed by atoms with E-state index >= 15 is 0 Å². The summed E-state index contributed by atoms with van der Waals surface area (Å²) < 4.78 is 46.7. The van der Waals surface area contributed by atoms with E-state index in [1.165, 1.54) is 29.2 Å². The molecule has 0 bridgehead atoms. The number of aliphatic carboxylic acids is 1. The number of nitrogens with zero attached hydrogens (tertiary/aromatic N) is 1. The first kappa shape index (κ1) is 19.8. The van der Waals surface area contributed by atoms with Crippen molar-refractivity contribution < 1.29 is 42.4 Å². The molecule has 10 heteroatoms. The number of ether oxygens (including phenoxy) is 2. The molecule has 7 nitrogen and oxygen atoms in total. The number of rotatable bonds is 6. The zero-order valence-corrected chi connectivity index (χ0v) is 13.7. The molecule has 0 unspecified atom stereocenters. The van der Waals surface area contributed by atoms with Crippen LogP contribution in [0.3, 0.4) is 0 Å². The Hall–Kier alpha value is -2.49. The largest absolute Gasteiger partial charge is 0.480 e. The Labute approximate surface area is 146 Å². The Morgan fingerprint density at radius 2 is 1.65 bits per heavy atom. The standard InChI is InChI=1S/C16H18F3NO6/c17-16(18,19)10-26-12-4-2-1-3-11(12)25-9-13(21)20-7-5-15(24,6-8-20)14(22)23/h1-4,24H,5-10H2,(H,22,23). The van der Waals surface area contributed by atoms with Crippen LogP contribution in [0.4, 0.5) is 13.2 Å². The van der Waals surface area contributed by atoms with Gasteiger partial charge in [0, 0.05) is 25.9 Å². The molecule has 1 aliphatic heterocycles. The zero-order chi connectivity index (χ0) is 19.4. The molecular weight excluding hydrogens is 359 g/mol. The molecule has 1 aromatic carbocycles. The summed E-state index contributed by atoms with van der Waals surface area (Å²) in [7, 11) is 0. The van der Waals surface area contributed by atoms with Gasteiger partial charge in [-0.25, -0.2) is 4.79 Å². The van der Waals surface area contributed by atoms with Crippen molar-refractivity contribution in [2.75, 3.05) is 26.3 Å². The third-order valence-electron chi connectivity index (χ3n) is 3.93. The maximum atomic E-state index is 12.3. The molecule has 2 N–H and O–H groups in total. The van der Waals surface area contributed by atoms with Crippen LogP contribution in [0.2, 0.25) is 0 Å². The molecule has 0 aliphatic carbocycles. The summed E-state index contributed by atoms with van der Waals surface area (Å²) >= 11 is 0. The van der Waals surface area contributed by atoms with Crippen molar-refractivity contribution in [2.24, 2.45) is 0 Å². The van der Waals surface area contributed by atoms with E-state index in [-0.39, 0.29) is 37.4 Å². The minimum absolute atomic E-state index is 0.0100. The topological polar surface area (TPSA) is 96.3 Å². The summed E-state index contributed by atoms with van der Waals surface area (Å²) in [5, 5.41) is 18.8. The van der Waals surface area contributed by atoms with Gasteiger partial charge in [0.1, 0.15) is 0 Å². The van der Waals surface area contributed by atoms with Crippen molar-refractivity contribution in [2.45, 2.75) is 24.6 Å². The number of carbonyl (C=O) groups excluding carboxylic acids is 1. The minimum Gasteiger partial charge on any atom is -0.480 e. The number of piperidine rings is 1. The molecule has 1 amide bonds. The van der Waals surface area contributed by atoms with E-state index in [1.807, 2.05) is 0 Å². The number of aliphatic hydroxyl groups is 1. The van der Waals surface area contributed by atoms with E-state index in [2.05, 4.69) is 4.74 Å². The predicted octanol–water partition coefficient (Wildman–Crippen LogP) is 1.44. The number of alkyl halides is 3. The molecule has 144 valence electrons.